The number of aryl methyl sites for hydroxylation is 1. The maximum Gasteiger partial charge on any atom is 0.111 e. The smallest absolute Gasteiger partial charge is 0.111 e. The first kappa shape index (κ1) is 11.5. The molecule has 2 nitrogen and oxygen atoms in total. The SMILES string of the molecule is ClCCc1nc2ccc(Br)cc2n1CC1CC1. The summed E-state index contributed by atoms with van der Waals surface area (Å²) in [7, 11) is 0. The van der Waals surface area contributed by atoms with Crippen molar-refractivity contribution in [1.82, 2.24) is 9.55 Å². The van der Waals surface area contributed by atoms with Crippen molar-refractivity contribution < 1.29 is 0 Å². The van der Waals surface area contributed by atoms with Gasteiger partial charge >= 0.3 is 0 Å². The van der Waals surface area contributed by atoms with Crippen LogP contribution in [-0.4, -0.2) is 15.4 Å². The van der Waals surface area contributed by atoms with Gasteiger partial charge in [-0.25, -0.2) is 4.98 Å². The molecule has 0 saturated heterocycles. The van der Waals surface area contributed by atoms with E-state index < -0.39 is 0 Å². The Balaban J connectivity index is 2.09. The second-order valence-electron chi connectivity index (χ2n) is 4.65. The quantitative estimate of drug-likeness (QED) is 0.780. The number of hydrogen-bond acceptors (Lipinski definition) is 1. The van der Waals surface area contributed by atoms with Crippen LogP contribution in [0.25, 0.3) is 11.0 Å². The average molecular weight is 314 g/mol. The zero-order valence-electron chi connectivity index (χ0n) is 9.50. The molecule has 0 bridgehead atoms. The third-order valence-corrected chi connectivity index (χ3v) is 3.93. The second kappa shape index (κ2) is 4.62. The zero-order valence-corrected chi connectivity index (χ0v) is 11.8. The number of aromatic nitrogens is 2. The highest BCUT2D eigenvalue weighted by atomic mass is 79.9. The molecular weight excluding hydrogens is 300 g/mol. The molecule has 0 spiro atoms. The summed E-state index contributed by atoms with van der Waals surface area (Å²) in [6, 6.07) is 6.27. The number of benzene rings is 1. The number of halogens is 2. The van der Waals surface area contributed by atoms with Gasteiger partial charge in [0.2, 0.25) is 0 Å². The summed E-state index contributed by atoms with van der Waals surface area (Å²) in [5.74, 6) is 2.61. The van der Waals surface area contributed by atoms with Gasteiger partial charge < -0.3 is 4.57 Å². The van der Waals surface area contributed by atoms with E-state index in [0.29, 0.717) is 5.88 Å². The predicted octanol–water partition coefficient (Wildman–Crippen LogP) is 3.99. The molecule has 0 aliphatic heterocycles. The van der Waals surface area contributed by atoms with Crippen LogP contribution < -0.4 is 0 Å². The van der Waals surface area contributed by atoms with Crippen molar-refractivity contribution in [3.8, 4) is 0 Å². The molecule has 1 heterocycles. The fourth-order valence-corrected chi connectivity index (χ4v) is 2.70. The van der Waals surface area contributed by atoms with Crippen LogP contribution in [0, 0.1) is 5.92 Å². The lowest BCUT2D eigenvalue weighted by atomic mass is 10.3. The minimum Gasteiger partial charge on any atom is -0.328 e. The third kappa shape index (κ3) is 2.36. The highest BCUT2D eigenvalue weighted by Gasteiger charge is 2.24. The molecule has 1 fully saturated rings. The van der Waals surface area contributed by atoms with Gasteiger partial charge in [0, 0.05) is 23.3 Å². The van der Waals surface area contributed by atoms with Crippen LogP contribution >= 0.6 is 27.5 Å². The van der Waals surface area contributed by atoms with E-state index in [9.17, 15) is 0 Å². The predicted molar refractivity (Wildman–Crippen MR) is 74.6 cm³/mol. The standard InChI is InChI=1S/C13H14BrClN2/c14-10-3-4-11-12(7-10)17(8-9-1-2-9)13(16-11)5-6-15/h3-4,7,9H,1-2,5-6,8H2. The van der Waals surface area contributed by atoms with Gasteiger partial charge in [-0.1, -0.05) is 15.9 Å². The summed E-state index contributed by atoms with van der Waals surface area (Å²) in [5.41, 5.74) is 2.31. The van der Waals surface area contributed by atoms with Gasteiger partial charge in [0.1, 0.15) is 5.82 Å². The molecule has 0 N–H and O–H groups in total. The van der Waals surface area contributed by atoms with Crippen LogP contribution in [0.4, 0.5) is 0 Å². The first-order valence-electron chi connectivity index (χ1n) is 5.98. The molecule has 17 heavy (non-hydrogen) atoms. The second-order valence-corrected chi connectivity index (χ2v) is 5.95. The lowest BCUT2D eigenvalue weighted by Gasteiger charge is -2.07. The number of hydrogen-bond donors (Lipinski definition) is 0. The number of fused-ring (bicyclic) bond motifs is 1. The van der Waals surface area contributed by atoms with Crippen LogP contribution in [0.5, 0.6) is 0 Å². The van der Waals surface area contributed by atoms with E-state index in [0.717, 1.165) is 34.7 Å². The highest BCUT2D eigenvalue weighted by molar-refractivity contribution is 9.10. The van der Waals surface area contributed by atoms with E-state index >= 15 is 0 Å². The van der Waals surface area contributed by atoms with Crippen LogP contribution in [0.3, 0.4) is 0 Å². The molecule has 1 aromatic carbocycles. The van der Waals surface area contributed by atoms with Gasteiger partial charge in [-0.3, -0.25) is 0 Å². The Morgan fingerprint density at radius 3 is 2.94 bits per heavy atom. The van der Waals surface area contributed by atoms with E-state index in [-0.39, 0.29) is 0 Å². The van der Waals surface area contributed by atoms with E-state index in [1.165, 1.54) is 18.4 Å². The molecular formula is C13H14BrClN2. The summed E-state index contributed by atoms with van der Waals surface area (Å²) in [4.78, 5) is 4.68. The third-order valence-electron chi connectivity index (χ3n) is 3.25. The van der Waals surface area contributed by atoms with Crippen molar-refractivity contribution in [1.29, 1.82) is 0 Å². The molecule has 0 amide bonds. The van der Waals surface area contributed by atoms with Crippen LogP contribution in [0.2, 0.25) is 0 Å². The Morgan fingerprint density at radius 1 is 1.41 bits per heavy atom. The number of nitrogens with zero attached hydrogens (tertiary/aromatic N) is 2. The van der Waals surface area contributed by atoms with Crippen molar-refractivity contribution in [3.63, 3.8) is 0 Å². The van der Waals surface area contributed by atoms with Crippen molar-refractivity contribution >= 4 is 38.6 Å². The molecule has 2 aromatic rings. The number of imidazole rings is 1. The molecule has 0 atom stereocenters. The molecule has 3 rings (SSSR count). The van der Waals surface area contributed by atoms with E-state index in [1.807, 2.05) is 6.07 Å². The molecule has 1 saturated carbocycles. The molecule has 1 aliphatic rings. The van der Waals surface area contributed by atoms with Crippen LogP contribution in [-0.2, 0) is 13.0 Å². The maximum absolute atomic E-state index is 5.86. The summed E-state index contributed by atoms with van der Waals surface area (Å²) in [6.07, 6.45) is 3.56. The maximum atomic E-state index is 5.86. The van der Waals surface area contributed by atoms with Gasteiger partial charge in [0.25, 0.3) is 0 Å². The monoisotopic (exact) mass is 312 g/mol. The summed E-state index contributed by atoms with van der Waals surface area (Å²) >= 11 is 9.39. The molecule has 90 valence electrons. The molecule has 0 radical (unpaired) electrons. The average Bonchev–Trinajstić information content (AvgIpc) is 3.06. The number of alkyl halides is 1. The van der Waals surface area contributed by atoms with Crippen molar-refractivity contribution in [2.24, 2.45) is 5.92 Å². The minimum atomic E-state index is 0.634. The molecule has 4 heteroatoms. The van der Waals surface area contributed by atoms with Crippen LogP contribution in [0.15, 0.2) is 22.7 Å². The minimum absolute atomic E-state index is 0.634. The lowest BCUT2D eigenvalue weighted by molar-refractivity contribution is 0.615. The van der Waals surface area contributed by atoms with Crippen molar-refractivity contribution in [2.75, 3.05) is 5.88 Å². The van der Waals surface area contributed by atoms with Gasteiger partial charge in [-0.15, -0.1) is 11.6 Å². The molecule has 1 aliphatic carbocycles. The topological polar surface area (TPSA) is 17.8 Å². The largest absolute Gasteiger partial charge is 0.328 e. The summed E-state index contributed by atoms with van der Waals surface area (Å²) in [5, 5.41) is 0. The fraction of sp³-hybridized carbons (Fsp3) is 0.462. The Hall–Kier alpha value is -0.540. The molecule has 1 aromatic heterocycles. The highest BCUT2D eigenvalue weighted by Crippen LogP contribution is 2.33. The zero-order chi connectivity index (χ0) is 11.8. The Morgan fingerprint density at radius 2 is 2.24 bits per heavy atom. The Bertz CT molecular complexity index is 546. The van der Waals surface area contributed by atoms with Gasteiger partial charge in [0.15, 0.2) is 0 Å². The van der Waals surface area contributed by atoms with Crippen molar-refractivity contribution in [3.05, 3.63) is 28.5 Å². The van der Waals surface area contributed by atoms with Gasteiger partial charge in [0.05, 0.1) is 11.0 Å². The first-order valence-corrected chi connectivity index (χ1v) is 7.31. The Kier molecular flexibility index (Phi) is 3.14. The van der Waals surface area contributed by atoms with Gasteiger partial charge in [-0.05, 0) is 37.0 Å². The van der Waals surface area contributed by atoms with Crippen molar-refractivity contribution in [2.45, 2.75) is 25.8 Å². The number of rotatable bonds is 4. The van der Waals surface area contributed by atoms with Crippen LogP contribution in [0.1, 0.15) is 18.7 Å². The lowest BCUT2D eigenvalue weighted by Crippen LogP contribution is -2.06. The van der Waals surface area contributed by atoms with E-state index in [2.05, 4.69) is 37.6 Å². The summed E-state index contributed by atoms with van der Waals surface area (Å²) in [6.45, 7) is 1.10. The normalized spacial score (nSPS) is 15.6. The summed E-state index contributed by atoms with van der Waals surface area (Å²) < 4.78 is 3.46. The molecule has 0 unspecified atom stereocenters. The Labute approximate surface area is 114 Å². The van der Waals surface area contributed by atoms with E-state index in [4.69, 9.17) is 11.6 Å². The van der Waals surface area contributed by atoms with E-state index in [1.54, 1.807) is 0 Å². The fourth-order valence-electron chi connectivity index (χ4n) is 2.18. The first-order chi connectivity index (χ1) is 8.28. The van der Waals surface area contributed by atoms with Gasteiger partial charge in [-0.2, -0.15) is 0 Å².